The molecule has 0 aliphatic rings. The predicted molar refractivity (Wildman–Crippen MR) is 115 cm³/mol. The molecule has 4 aromatic rings. The lowest BCUT2D eigenvalue weighted by atomic mass is 10.1. The van der Waals surface area contributed by atoms with Gasteiger partial charge in [-0.3, -0.25) is 4.79 Å². The number of benzene rings is 2. The third-order valence-electron chi connectivity index (χ3n) is 4.42. The minimum absolute atomic E-state index is 0.233. The van der Waals surface area contributed by atoms with E-state index in [9.17, 15) is 4.79 Å². The number of hydrogen-bond donors (Lipinski definition) is 2. The van der Waals surface area contributed by atoms with E-state index in [1.165, 1.54) is 5.56 Å². The largest absolute Gasteiger partial charge is 0.366 e. The molecule has 1 amide bonds. The maximum absolute atomic E-state index is 12.8. The summed E-state index contributed by atoms with van der Waals surface area (Å²) in [5, 5.41) is 9.80. The Morgan fingerprint density at radius 2 is 1.77 bits per heavy atom. The molecule has 0 atom stereocenters. The molecule has 0 spiro atoms. The van der Waals surface area contributed by atoms with Gasteiger partial charge in [-0.05, 0) is 19.4 Å². The first-order chi connectivity index (χ1) is 14.6. The minimum atomic E-state index is -0.388. The fourth-order valence-corrected chi connectivity index (χ4v) is 2.99. The normalized spacial score (nSPS) is 10.6. The molecular weight excluding hydrogens is 378 g/mol. The molecule has 2 N–H and O–H groups in total. The zero-order valence-corrected chi connectivity index (χ0v) is 16.7. The van der Waals surface area contributed by atoms with E-state index >= 15 is 0 Å². The van der Waals surface area contributed by atoms with E-state index in [1.807, 2.05) is 42.5 Å². The van der Waals surface area contributed by atoms with Crippen molar-refractivity contribution in [1.82, 2.24) is 15.1 Å². The van der Waals surface area contributed by atoms with Gasteiger partial charge in [0.2, 0.25) is 0 Å². The Hall–Kier alpha value is -4.00. The molecule has 150 valence electrons. The Morgan fingerprint density at radius 1 is 0.933 bits per heavy atom. The van der Waals surface area contributed by atoms with E-state index in [2.05, 4.69) is 44.8 Å². The highest BCUT2D eigenvalue weighted by atomic mass is 16.5. The lowest BCUT2D eigenvalue weighted by Crippen LogP contribution is -2.16. The van der Waals surface area contributed by atoms with Crippen LogP contribution in [-0.2, 0) is 6.54 Å². The number of amides is 1. The summed E-state index contributed by atoms with van der Waals surface area (Å²) in [6.45, 7) is 4.39. The van der Waals surface area contributed by atoms with Crippen molar-refractivity contribution in [2.24, 2.45) is 0 Å². The van der Waals surface area contributed by atoms with E-state index in [-0.39, 0.29) is 11.6 Å². The summed E-state index contributed by atoms with van der Waals surface area (Å²) in [7, 11) is 0. The van der Waals surface area contributed by atoms with Gasteiger partial charge in [-0.2, -0.15) is 0 Å². The van der Waals surface area contributed by atoms with Crippen molar-refractivity contribution in [1.29, 1.82) is 0 Å². The molecule has 2 heterocycles. The first-order valence-electron chi connectivity index (χ1n) is 9.55. The van der Waals surface area contributed by atoms with Crippen LogP contribution < -0.4 is 10.6 Å². The molecule has 4 rings (SSSR count). The SMILES string of the molecule is Cc1cccc(CNc2cc(C(=O)Nc3cc(C)on3)nc(-c3ccccc3)n2)c1. The Balaban J connectivity index is 1.63. The molecule has 0 saturated carbocycles. The molecular formula is C23H21N5O2. The van der Waals surface area contributed by atoms with Crippen LogP contribution >= 0.6 is 0 Å². The molecule has 7 heteroatoms. The van der Waals surface area contributed by atoms with E-state index in [0.717, 1.165) is 11.1 Å². The van der Waals surface area contributed by atoms with Gasteiger partial charge in [0.15, 0.2) is 11.6 Å². The predicted octanol–water partition coefficient (Wildman–Crippen LogP) is 4.61. The van der Waals surface area contributed by atoms with E-state index in [0.29, 0.717) is 29.8 Å². The van der Waals surface area contributed by atoms with Crippen molar-refractivity contribution in [2.75, 3.05) is 10.6 Å². The lowest BCUT2D eigenvalue weighted by Gasteiger charge is -2.10. The quantitative estimate of drug-likeness (QED) is 0.492. The average Bonchev–Trinajstić information content (AvgIpc) is 3.17. The summed E-state index contributed by atoms with van der Waals surface area (Å²) < 4.78 is 5.01. The standard InChI is InChI=1S/C23H21N5O2/c1-15-7-6-8-17(11-15)14-24-20-13-19(23(29)27-21-12-16(2)30-28-21)25-22(26-20)18-9-4-3-5-10-18/h3-13H,14H2,1-2H3,(H,24,25,26)(H,27,28,29). The topological polar surface area (TPSA) is 92.9 Å². The maximum atomic E-state index is 12.8. The summed E-state index contributed by atoms with van der Waals surface area (Å²) in [5.74, 6) is 1.59. The van der Waals surface area contributed by atoms with Gasteiger partial charge < -0.3 is 15.2 Å². The Kier molecular flexibility index (Phi) is 5.52. The fraction of sp³-hybridized carbons (Fsp3) is 0.130. The molecule has 2 aromatic carbocycles. The summed E-state index contributed by atoms with van der Waals surface area (Å²) in [4.78, 5) is 21.8. The molecule has 0 aliphatic heterocycles. The number of nitrogens with one attached hydrogen (secondary N) is 2. The summed E-state index contributed by atoms with van der Waals surface area (Å²) in [5.41, 5.74) is 3.36. The van der Waals surface area contributed by atoms with Crippen molar-refractivity contribution in [2.45, 2.75) is 20.4 Å². The van der Waals surface area contributed by atoms with Crippen LogP contribution in [0.25, 0.3) is 11.4 Å². The van der Waals surface area contributed by atoms with Crippen molar-refractivity contribution in [3.8, 4) is 11.4 Å². The van der Waals surface area contributed by atoms with Crippen LogP contribution in [0.15, 0.2) is 71.3 Å². The zero-order chi connectivity index (χ0) is 20.9. The van der Waals surface area contributed by atoms with E-state index in [1.54, 1.807) is 19.1 Å². The van der Waals surface area contributed by atoms with Crippen molar-refractivity contribution >= 4 is 17.5 Å². The molecule has 30 heavy (non-hydrogen) atoms. The molecule has 7 nitrogen and oxygen atoms in total. The number of carbonyl (C=O) groups is 1. The van der Waals surface area contributed by atoms with Crippen LogP contribution in [0.2, 0.25) is 0 Å². The number of hydrogen-bond acceptors (Lipinski definition) is 6. The first kappa shape index (κ1) is 19.3. The van der Waals surface area contributed by atoms with Gasteiger partial charge in [0.1, 0.15) is 17.3 Å². The van der Waals surface area contributed by atoms with Gasteiger partial charge in [-0.15, -0.1) is 0 Å². The van der Waals surface area contributed by atoms with E-state index in [4.69, 9.17) is 4.52 Å². The van der Waals surface area contributed by atoms with Crippen LogP contribution in [0.1, 0.15) is 27.4 Å². The molecule has 2 aromatic heterocycles. The number of rotatable bonds is 6. The maximum Gasteiger partial charge on any atom is 0.275 e. The molecule has 0 fully saturated rings. The number of aromatic nitrogens is 3. The number of aryl methyl sites for hydroxylation is 2. The van der Waals surface area contributed by atoms with Gasteiger partial charge in [-0.25, -0.2) is 9.97 Å². The summed E-state index contributed by atoms with van der Waals surface area (Å²) in [6, 6.07) is 21.0. The number of carbonyl (C=O) groups excluding carboxylic acids is 1. The molecule has 0 saturated heterocycles. The molecule has 0 bridgehead atoms. The smallest absolute Gasteiger partial charge is 0.275 e. The molecule has 0 aliphatic carbocycles. The zero-order valence-electron chi connectivity index (χ0n) is 16.7. The van der Waals surface area contributed by atoms with Gasteiger partial charge >= 0.3 is 0 Å². The second-order valence-electron chi connectivity index (χ2n) is 6.95. The van der Waals surface area contributed by atoms with Crippen molar-refractivity contribution in [3.05, 3.63) is 89.3 Å². The second kappa shape index (κ2) is 8.57. The third-order valence-corrected chi connectivity index (χ3v) is 4.42. The number of anilines is 2. The van der Waals surface area contributed by atoms with Gasteiger partial charge in [-0.1, -0.05) is 65.3 Å². The summed E-state index contributed by atoms with van der Waals surface area (Å²) in [6.07, 6.45) is 0. The highest BCUT2D eigenvalue weighted by Crippen LogP contribution is 2.19. The number of nitrogens with zero attached hydrogens (tertiary/aromatic N) is 3. The molecule has 0 unspecified atom stereocenters. The fourth-order valence-electron chi connectivity index (χ4n) is 2.99. The van der Waals surface area contributed by atoms with Crippen LogP contribution in [0.5, 0.6) is 0 Å². The van der Waals surface area contributed by atoms with Crippen LogP contribution in [0.3, 0.4) is 0 Å². The Bertz CT molecular complexity index is 1170. The van der Waals surface area contributed by atoms with Gasteiger partial charge in [0.05, 0.1) is 0 Å². The summed E-state index contributed by atoms with van der Waals surface area (Å²) >= 11 is 0. The van der Waals surface area contributed by atoms with Crippen LogP contribution in [0.4, 0.5) is 11.6 Å². The second-order valence-corrected chi connectivity index (χ2v) is 6.95. The monoisotopic (exact) mass is 399 g/mol. The highest BCUT2D eigenvalue weighted by molar-refractivity contribution is 6.03. The molecule has 0 radical (unpaired) electrons. The Morgan fingerprint density at radius 3 is 2.50 bits per heavy atom. The highest BCUT2D eigenvalue weighted by Gasteiger charge is 2.15. The van der Waals surface area contributed by atoms with Crippen molar-refractivity contribution < 1.29 is 9.32 Å². The van der Waals surface area contributed by atoms with Gasteiger partial charge in [0.25, 0.3) is 5.91 Å². The van der Waals surface area contributed by atoms with Crippen LogP contribution in [-0.4, -0.2) is 21.0 Å². The van der Waals surface area contributed by atoms with E-state index < -0.39 is 0 Å². The minimum Gasteiger partial charge on any atom is -0.366 e. The Labute approximate surface area is 174 Å². The first-order valence-corrected chi connectivity index (χ1v) is 9.55. The third kappa shape index (κ3) is 4.70. The lowest BCUT2D eigenvalue weighted by molar-refractivity contribution is 0.102. The van der Waals surface area contributed by atoms with Crippen molar-refractivity contribution in [3.63, 3.8) is 0 Å². The van der Waals surface area contributed by atoms with Crippen LogP contribution in [0, 0.1) is 13.8 Å². The van der Waals surface area contributed by atoms with Gasteiger partial charge in [0, 0.05) is 24.2 Å². The average molecular weight is 399 g/mol.